The number of hydrogen-bond acceptors (Lipinski definition) is 3. The third-order valence-corrected chi connectivity index (χ3v) is 2.35. The van der Waals surface area contributed by atoms with E-state index in [1.54, 1.807) is 6.07 Å². The van der Waals surface area contributed by atoms with E-state index in [4.69, 9.17) is 22.4 Å². The maximum atomic E-state index is 12.0. The smallest absolute Gasteiger partial charge is 0.265 e. The lowest BCUT2D eigenvalue weighted by Crippen LogP contribution is -2.36. The second-order valence-corrected chi connectivity index (χ2v) is 3.72. The summed E-state index contributed by atoms with van der Waals surface area (Å²) in [5.74, 6) is -0.701. The number of aliphatic hydroxyl groups is 1. The minimum Gasteiger partial charge on any atom is -0.398 e. The number of carbonyl (C=O) groups is 1. The summed E-state index contributed by atoms with van der Waals surface area (Å²) >= 11 is 5.75. The molecule has 94 valence electrons. The molecular weight excluding hydrogens is 254 g/mol. The van der Waals surface area contributed by atoms with E-state index in [2.05, 4.69) is 5.32 Å². The summed E-state index contributed by atoms with van der Waals surface area (Å²) in [7, 11) is 0. The molecule has 0 saturated carbocycles. The lowest BCUT2D eigenvalue weighted by Gasteiger charge is -2.12. The van der Waals surface area contributed by atoms with Crippen LogP contribution in [0.5, 0.6) is 0 Å². The molecule has 0 aliphatic rings. The first-order valence-electron chi connectivity index (χ1n) is 4.72. The lowest BCUT2D eigenvalue weighted by molar-refractivity contribution is -0.00269. The highest BCUT2D eigenvalue weighted by molar-refractivity contribution is 6.34. The number of rotatable bonds is 4. The van der Waals surface area contributed by atoms with Gasteiger partial charge in [0.1, 0.15) is 6.10 Å². The Labute approximate surface area is 101 Å². The van der Waals surface area contributed by atoms with Gasteiger partial charge in [-0.15, -0.1) is 0 Å². The predicted molar refractivity (Wildman–Crippen MR) is 60.2 cm³/mol. The highest BCUT2D eigenvalue weighted by atomic mass is 35.5. The van der Waals surface area contributed by atoms with E-state index >= 15 is 0 Å². The van der Waals surface area contributed by atoms with Crippen LogP contribution in [0.15, 0.2) is 18.2 Å². The van der Waals surface area contributed by atoms with Gasteiger partial charge in [-0.25, -0.2) is 8.78 Å². The number of halogens is 3. The van der Waals surface area contributed by atoms with Crippen molar-refractivity contribution in [1.82, 2.24) is 5.32 Å². The molecule has 17 heavy (non-hydrogen) atoms. The first-order valence-corrected chi connectivity index (χ1v) is 5.09. The topological polar surface area (TPSA) is 75.4 Å². The van der Waals surface area contributed by atoms with E-state index < -0.39 is 25.0 Å². The zero-order valence-corrected chi connectivity index (χ0v) is 9.42. The Morgan fingerprint density at radius 3 is 2.71 bits per heavy atom. The van der Waals surface area contributed by atoms with Crippen LogP contribution in [0.3, 0.4) is 0 Å². The van der Waals surface area contributed by atoms with Gasteiger partial charge in [-0.1, -0.05) is 17.7 Å². The molecule has 1 amide bonds. The maximum Gasteiger partial charge on any atom is 0.265 e. The molecule has 0 radical (unpaired) electrons. The molecule has 1 aromatic rings. The van der Waals surface area contributed by atoms with Gasteiger partial charge in [0, 0.05) is 12.2 Å². The van der Waals surface area contributed by atoms with Gasteiger partial charge in [0.25, 0.3) is 12.3 Å². The van der Waals surface area contributed by atoms with E-state index in [9.17, 15) is 13.6 Å². The van der Waals surface area contributed by atoms with Gasteiger partial charge in [-0.05, 0) is 12.1 Å². The largest absolute Gasteiger partial charge is 0.398 e. The van der Waals surface area contributed by atoms with Crippen molar-refractivity contribution in [2.24, 2.45) is 0 Å². The molecule has 0 bridgehead atoms. The molecule has 0 heterocycles. The monoisotopic (exact) mass is 264 g/mol. The fourth-order valence-corrected chi connectivity index (χ4v) is 1.42. The van der Waals surface area contributed by atoms with E-state index in [-0.39, 0.29) is 16.3 Å². The first kappa shape index (κ1) is 13.7. The van der Waals surface area contributed by atoms with E-state index in [0.717, 1.165) is 0 Å². The Hall–Kier alpha value is -1.40. The van der Waals surface area contributed by atoms with Crippen molar-refractivity contribution in [2.75, 3.05) is 12.3 Å². The fourth-order valence-electron chi connectivity index (χ4n) is 1.16. The number of nitrogens with one attached hydrogen (secondary N) is 1. The maximum absolute atomic E-state index is 12.0. The standard InChI is InChI=1S/C10H11ClF2N2O2/c11-5-2-1-3-6(14)8(5)10(17)15-4-7(16)9(12)13/h1-3,7,9,16H,4,14H2,(H,15,17). The second kappa shape index (κ2) is 5.79. The van der Waals surface area contributed by atoms with Gasteiger partial charge in [-0.3, -0.25) is 4.79 Å². The summed E-state index contributed by atoms with van der Waals surface area (Å²) in [5.41, 5.74) is 5.68. The highest BCUT2D eigenvalue weighted by Crippen LogP contribution is 2.21. The molecule has 4 N–H and O–H groups in total. The van der Waals surface area contributed by atoms with Crippen LogP contribution in [-0.4, -0.2) is 30.1 Å². The summed E-state index contributed by atoms with van der Waals surface area (Å²) in [5, 5.41) is 11.1. The second-order valence-electron chi connectivity index (χ2n) is 3.32. The highest BCUT2D eigenvalue weighted by Gasteiger charge is 2.19. The van der Waals surface area contributed by atoms with Crippen LogP contribution in [0.4, 0.5) is 14.5 Å². The third kappa shape index (κ3) is 3.54. The Morgan fingerprint density at radius 1 is 1.53 bits per heavy atom. The molecule has 0 fully saturated rings. The minimum absolute atomic E-state index is 0.00985. The molecule has 1 unspecified atom stereocenters. The quantitative estimate of drug-likeness (QED) is 0.717. The fraction of sp³-hybridized carbons (Fsp3) is 0.300. The molecule has 1 rings (SSSR count). The number of nitrogen functional groups attached to an aromatic ring is 1. The minimum atomic E-state index is -2.92. The Morgan fingerprint density at radius 2 is 2.18 bits per heavy atom. The van der Waals surface area contributed by atoms with E-state index in [1.165, 1.54) is 12.1 Å². The number of alkyl halides is 2. The van der Waals surface area contributed by atoms with Crippen molar-refractivity contribution in [3.05, 3.63) is 28.8 Å². The summed E-state index contributed by atoms with van der Waals surface area (Å²) in [6.07, 6.45) is -4.83. The number of nitrogens with two attached hydrogens (primary N) is 1. The number of benzene rings is 1. The molecule has 0 aromatic heterocycles. The molecule has 0 aliphatic heterocycles. The normalized spacial score (nSPS) is 12.5. The van der Waals surface area contributed by atoms with Crippen molar-refractivity contribution in [1.29, 1.82) is 0 Å². The molecule has 1 atom stereocenters. The number of amides is 1. The van der Waals surface area contributed by atoms with Gasteiger partial charge >= 0.3 is 0 Å². The average Bonchev–Trinajstić information content (AvgIpc) is 2.25. The van der Waals surface area contributed by atoms with Crippen LogP contribution in [0.2, 0.25) is 5.02 Å². The molecular formula is C10H11ClF2N2O2. The molecule has 0 aliphatic carbocycles. The molecule has 4 nitrogen and oxygen atoms in total. The Balaban J connectivity index is 2.71. The van der Waals surface area contributed by atoms with Gasteiger partial charge in [0.05, 0.1) is 10.6 Å². The summed E-state index contributed by atoms with van der Waals surface area (Å²) in [6.45, 7) is -0.568. The van der Waals surface area contributed by atoms with Crippen molar-refractivity contribution < 1.29 is 18.7 Å². The van der Waals surface area contributed by atoms with E-state index in [0.29, 0.717) is 0 Å². The molecule has 0 saturated heterocycles. The predicted octanol–water partition coefficient (Wildman–Crippen LogP) is 1.28. The zero-order valence-electron chi connectivity index (χ0n) is 8.66. The molecule has 7 heteroatoms. The number of hydrogen-bond donors (Lipinski definition) is 3. The zero-order chi connectivity index (χ0) is 13.0. The molecule has 1 aromatic carbocycles. The molecule has 0 spiro atoms. The van der Waals surface area contributed by atoms with Gasteiger partial charge < -0.3 is 16.2 Å². The van der Waals surface area contributed by atoms with Crippen molar-refractivity contribution in [3.63, 3.8) is 0 Å². The van der Waals surface area contributed by atoms with Crippen LogP contribution in [-0.2, 0) is 0 Å². The summed E-state index contributed by atoms with van der Waals surface area (Å²) in [6, 6.07) is 4.48. The van der Waals surface area contributed by atoms with Crippen molar-refractivity contribution in [3.8, 4) is 0 Å². The van der Waals surface area contributed by atoms with Gasteiger partial charge in [0.2, 0.25) is 0 Å². The lowest BCUT2D eigenvalue weighted by atomic mass is 10.1. The Bertz CT molecular complexity index is 395. The van der Waals surface area contributed by atoms with Crippen LogP contribution in [0, 0.1) is 0 Å². The van der Waals surface area contributed by atoms with Crippen molar-refractivity contribution >= 4 is 23.2 Å². The summed E-state index contributed by atoms with van der Waals surface area (Å²) in [4.78, 5) is 11.6. The first-order chi connectivity index (χ1) is 7.93. The van der Waals surface area contributed by atoms with Gasteiger partial charge in [0.15, 0.2) is 0 Å². The number of anilines is 1. The van der Waals surface area contributed by atoms with E-state index in [1.807, 2.05) is 0 Å². The average molecular weight is 265 g/mol. The van der Waals surface area contributed by atoms with Crippen LogP contribution in [0.1, 0.15) is 10.4 Å². The Kier molecular flexibility index (Phi) is 4.65. The third-order valence-electron chi connectivity index (χ3n) is 2.04. The van der Waals surface area contributed by atoms with Crippen LogP contribution < -0.4 is 11.1 Å². The van der Waals surface area contributed by atoms with Crippen molar-refractivity contribution in [2.45, 2.75) is 12.5 Å². The van der Waals surface area contributed by atoms with Crippen LogP contribution >= 0.6 is 11.6 Å². The van der Waals surface area contributed by atoms with Gasteiger partial charge in [-0.2, -0.15) is 0 Å². The number of aliphatic hydroxyl groups excluding tert-OH is 1. The van der Waals surface area contributed by atoms with Crippen LogP contribution in [0.25, 0.3) is 0 Å². The SMILES string of the molecule is Nc1cccc(Cl)c1C(=O)NCC(O)C(F)F. The number of carbonyl (C=O) groups excluding carboxylic acids is 1. The summed E-state index contributed by atoms with van der Waals surface area (Å²) < 4.78 is 24.0.